The van der Waals surface area contributed by atoms with Crippen molar-refractivity contribution in [3.05, 3.63) is 24.2 Å². The van der Waals surface area contributed by atoms with Gasteiger partial charge >= 0.3 is 0 Å². The van der Waals surface area contributed by atoms with E-state index < -0.39 is 29.1 Å². The van der Waals surface area contributed by atoms with Gasteiger partial charge in [-0.15, -0.1) is 5.10 Å². The van der Waals surface area contributed by atoms with Crippen LogP contribution in [0.4, 0.5) is 0 Å². The van der Waals surface area contributed by atoms with E-state index in [0.717, 1.165) is 11.8 Å². The molecule has 0 spiro atoms. The summed E-state index contributed by atoms with van der Waals surface area (Å²) in [4.78, 5) is 33.9. The van der Waals surface area contributed by atoms with Crippen LogP contribution >= 0.6 is 11.8 Å². The highest BCUT2D eigenvalue weighted by Crippen LogP contribution is 2.22. The van der Waals surface area contributed by atoms with Gasteiger partial charge in [0.05, 0.1) is 24.5 Å². The highest BCUT2D eigenvalue weighted by atomic mass is 32.2. The molecule has 2 rings (SSSR count). The third kappa shape index (κ3) is 4.95. The molecule has 2 N–H and O–H groups in total. The smallest absolute Gasteiger partial charge is 0.240 e. The van der Waals surface area contributed by atoms with E-state index >= 15 is 0 Å². The van der Waals surface area contributed by atoms with Crippen molar-refractivity contribution in [3.8, 4) is 0 Å². The molecule has 1 saturated heterocycles. The number of hydrogen-bond acceptors (Lipinski definition) is 8. The number of carboxylic acids is 1. The average molecular weight is 337 g/mol. The lowest BCUT2D eigenvalue weighted by molar-refractivity contribution is -0.307. The van der Waals surface area contributed by atoms with E-state index in [1.165, 1.54) is 19.4 Å². The summed E-state index contributed by atoms with van der Waals surface area (Å²) in [5, 5.41) is 22.4. The van der Waals surface area contributed by atoms with Crippen molar-refractivity contribution in [3.63, 3.8) is 0 Å². The van der Waals surface area contributed by atoms with E-state index in [4.69, 9.17) is 4.42 Å². The van der Waals surface area contributed by atoms with Gasteiger partial charge in [0.15, 0.2) is 5.17 Å². The van der Waals surface area contributed by atoms with Gasteiger partial charge < -0.3 is 25.0 Å². The summed E-state index contributed by atoms with van der Waals surface area (Å²) in [6.07, 6.45) is 2.69. The Morgan fingerprint density at radius 1 is 1.61 bits per heavy atom. The maximum absolute atomic E-state index is 11.7. The van der Waals surface area contributed by atoms with Gasteiger partial charge in [-0.05, 0) is 19.1 Å². The van der Waals surface area contributed by atoms with Gasteiger partial charge in [0.1, 0.15) is 11.0 Å². The number of nitrogens with one attached hydrogen (secondary N) is 2. The summed E-state index contributed by atoms with van der Waals surface area (Å²) in [6, 6.07) is 2.27. The van der Waals surface area contributed by atoms with Crippen LogP contribution in [0, 0.1) is 0 Å². The summed E-state index contributed by atoms with van der Waals surface area (Å²) < 4.78 is 5.03. The maximum Gasteiger partial charge on any atom is 0.240 e. The first kappa shape index (κ1) is 16.7. The molecule has 2 amide bonds. The largest absolute Gasteiger partial charge is 0.548 e. The fourth-order valence-corrected chi connectivity index (χ4v) is 2.54. The Labute approximate surface area is 135 Å². The molecule has 0 aromatic carbocycles. The molecular weight excluding hydrogens is 324 g/mol. The number of carbonyl (C=O) groups excluding carboxylic acids is 3. The van der Waals surface area contributed by atoms with Crippen LogP contribution in [0.25, 0.3) is 0 Å². The van der Waals surface area contributed by atoms with E-state index in [0.29, 0.717) is 5.76 Å². The van der Waals surface area contributed by atoms with Gasteiger partial charge in [0.2, 0.25) is 11.8 Å². The minimum absolute atomic E-state index is 0.172. The van der Waals surface area contributed by atoms with Crippen LogP contribution in [0.2, 0.25) is 0 Å². The molecule has 0 unspecified atom stereocenters. The third-order valence-corrected chi connectivity index (χ3v) is 3.83. The van der Waals surface area contributed by atoms with Gasteiger partial charge in [0.25, 0.3) is 0 Å². The van der Waals surface area contributed by atoms with E-state index in [-0.39, 0.29) is 11.6 Å². The third-order valence-electron chi connectivity index (χ3n) is 2.76. The highest BCUT2D eigenvalue weighted by Gasteiger charge is 2.32. The van der Waals surface area contributed by atoms with Gasteiger partial charge in [-0.25, -0.2) is 0 Å². The summed E-state index contributed by atoms with van der Waals surface area (Å²) in [5.41, 5.74) is 0. The van der Waals surface area contributed by atoms with Crippen LogP contribution < -0.4 is 15.7 Å². The number of rotatable bonds is 6. The van der Waals surface area contributed by atoms with Crippen molar-refractivity contribution in [2.45, 2.75) is 24.6 Å². The highest BCUT2D eigenvalue weighted by molar-refractivity contribution is 8.15. The molecule has 0 radical (unpaired) electrons. The normalized spacial score (nSPS) is 20.7. The number of aliphatic carboxylic acids is 1. The van der Waals surface area contributed by atoms with Gasteiger partial charge in [-0.2, -0.15) is 5.10 Å². The molecule has 0 aliphatic carbocycles. The van der Waals surface area contributed by atoms with E-state index in [9.17, 15) is 19.5 Å². The minimum Gasteiger partial charge on any atom is -0.548 e. The van der Waals surface area contributed by atoms with Crippen molar-refractivity contribution < 1.29 is 23.9 Å². The zero-order valence-corrected chi connectivity index (χ0v) is 12.8. The average Bonchev–Trinajstić information content (AvgIpc) is 3.09. The molecule has 10 heteroatoms. The molecule has 1 aliphatic heterocycles. The number of amides is 2. The SMILES string of the molecule is C[C@H](NC(=O)C[C@H]1S/C(=N/N=Cc2ccco2)NC1=O)C(=O)[O-]. The van der Waals surface area contributed by atoms with Crippen molar-refractivity contribution in [2.75, 3.05) is 0 Å². The first-order chi connectivity index (χ1) is 11.0. The number of amidine groups is 1. The molecule has 23 heavy (non-hydrogen) atoms. The van der Waals surface area contributed by atoms with Crippen LogP contribution in [0.3, 0.4) is 0 Å². The molecule has 9 nitrogen and oxygen atoms in total. The molecule has 0 bridgehead atoms. The number of carbonyl (C=O) groups is 3. The van der Waals surface area contributed by atoms with E-state index in [2.05, 4.69) is 20.8 Å². The quantitative estimate of drug-likeness (QED) is 0.497. The fraction of sp³-hybridized carbons (Fsp3) is 0.308. The van der Waals surface area contributed by atoms with Gasteiger partial charge in [-0.3, -0.25) is 9.59 Å². The van der Waals surface area contributed by atoms with Crippen LogP contribution in [-0.2, 0) is 14.4 Å². The van der Waals surface area contributed by atoms with Gasteiger partial charge in [-0.1, -0.05) is 11.8 Å². The number of thioether (sulfide) groups is 1. The number of furan rings is 1. The second-order valence-corrected chi connectivity index (χ2v) is 5.76. The Morgan fingerprint density at radius 2 is 2.39 bits per heavy atom. The van der Waals surface area contributed by atoms with Crippen LogP contribution in [-0.4, -0.2) is 40.5 Å². The Hall–Kier alpha value is -2.62. The molecule has 2 atom stereocenters. The fourth-order valence-electron chi connectivity index (χ4n) is 1.62. The lowest BCUT2D eigenvalue weighted by Gasteiger charge is -2.15. The molecule has 1 fully saturated rings. The monoisotopic (exact) mass is 337 g/mol. The number of hydrogen-bond donors (Lipinski definition) is 2. The van der Waals surface area contributed by atoms with Crippen molar-refractivity contribution >= 4 is 40.9 Å². The van der Waals surface area contributed by atoms with Crippen molar-refractivity contribution in [2.24, 2.45) is 10.2 Å². The first-order valence-corrected chi connectivity index (χ1v) is 7.46. The van der Waals surface area contributed by atoms with Gasteiger partial charge in [0, 0.05) is 6.42 Å². The van der Waals surface area contributed by atoms with Crippen LogP contribution in [0.15, 0.2) is 33.0 Å². The lowest BCUT2D eigenvalue weighted by Crippen LogP contribution is -2.46. The zero-order chi connectivity index (χ0) is 16.8. The second-order valence-electron chi connectivity index (χ2n) is 4.57. The summed E-state index contributed by atoms with van der Waals surface area (Å²) >= 11 is 1.04. The summed E-state index contributed by atoms with van der Waals surface area (Å²) in [5.74, 6) is -1.83. The topological polar surface area (TPSA) is 136 Å². The van der Waals surface area contributed by atoms with Crippen molar-refractivity contribution in [1.82, 2.24) is 10.6 Å². The maximum atomic E-state index is 11.7. The molecule has 1 aliphatic rings. The molecular formula is C13H13N4O5S-. The predicted octanol–water partition coefficient (Wildman–Crippen LogP) is -1.15. The molecule has 2 heterocycles. The standard InChI is InChI=1S/C13H14N4O5S/c1-7(12(20)21)15-10(18)5-9-11(19)16-13(23-9)17-14-6-8-3-2-4-22-8/h2-4,6-7,9H,5H2,1H3,(H,15,18)(H,20,21)(H,16,17,19)/p-1/t7-,9+/m0/s1. The first-order valence-electron chi connectivity index (χ1n) is 6.58. The Kier molecular flexibility index (Phi) is 5.52. The lowest BCUT2D eigenvalue weighted by atomic mass is 10.2. The van der Waals surface area contributed by atoms with E-state index in [1.54, 1.807) is 12.1 Å². The minimum atomic E-state index is -1.39. The molecule has 1 aromatic heterocycles. The Balaban J connectivity index is 1.87. The second kappa shape index (κ2) is 7.58. The summed E-state index contributed by atoms with van der Waals surface area (Å²) in [7, 11) is 0. The number of carboxylic acid groups (broad SMARTS) is 1. The Morgan fingerprint density at radius 3 is 3.04 bits per heavy atom. The molecule has 122 valence electrons. The molecule has 1 aromatic rings. The number of nitrogens with zero attached hydrogens (tertiary/aromatic N) is 2. The van der Waals surface area contributed by atoms with E-state index in [1.807, 2.05) is 0 Å². The predicted molar refractivity (Wildman–Crippen MR) is 80.5 cm³/mol. The molecule has 0 saturated carbocycles. The van der Waals surface area contributed by atoms with Crippen molar-refractivity contribution in [1.29, 1.82) is 0 Å². The summed E-state index contributed by atoms with van der Waals surface area (Å²) in [6.45, 7) is 1.28. The zero-order valence-electron chi connectivity index (χ0n) is 12.0. The Bertz CT molecular complexity index is 655. The van der Waals surface area contributed by atoms with Crippen LogP contribution in [0.1, 0.15) is 19.1 Å². The van der Waals surface area contributed by atoms with Crippen LogP contribution in [0.5, 0.6) is 0 Å².